The van der Waals surface area contributed by atoms with Gasteiger partial charge in [-0.2, -0.15) is 5.26 Å². The molecular weight excluding hydrogens is 631 g/mol. The number of rotatable bonds is 5. The molecule has 0 N–H and O–H groups in total. The van der Waals surface area contributed by atoms with Crippen LogP contribution in [0.1, 0.15) is 50.8 Å². The predicted molar refractivity (Wildman–Crippen MR) is 209 cm³/mol. The molecule has 2 aliphatic carbocycles. The van der Waals surface area contributed by atoms with Crippen molar-refractivity contribution in [2.24, 2.45) is 0 Å². The predicted octanol–water partition coefficient (Wildman–Crippen LogP) is 11.7. The third kappa shape index (κ3) is 4.59. The van der Waals surface area contributed by atoms with E-state index in [4.69, 9.17) is 9.97 Å². The molecule has 0 saturated carbocycles. The number of hydrogen-bond acceptors (Lipinski definition) is 3. The van der Waals surface area contributed by atoms with Gasteiger partial charge >= 0.3 is 0 Å². The lowest BCUT2D eigenvalue weighted by Crippen LogP contribution is -2.10. The Balaban J connectivity index is 1.41. The molecule has 7 aromatic carbocycles. The van der Waals surface area contributed by atoms with E-state index in [9.17, 15) is 5.26 Å². The van der Waals surface area contributed by atoms with E-state index < -0.39 is 0 Å². The van der Waals surface area contributed by atoms with Crippen molar-refractivity contribution in [3.05, 3.63) is 215 Å². The molecule has 2 atom stereocenters. The van der Waals surface area contributed by atoms with Crippen molar-refractivity contribution >= 4 is 0 Å². The Labute approximate surface area is 303 Å². The van der Waals surface area contributed by atoms with Crippen LogP contribution in [-0.2, 0) is 0 Å². The van der Waals surface area contributed by atoms with Gasteiger partial charge in [-0.25, -0.2) is 9.97 Å². The van der Waals surface area contributed by atoms with Crippen LogP contribution in [0, 0.1) is 11.3 Å². The Morgan fingerprint density at radius 3 is 1.35 bits per heavy atom. The van der Waals surface area contributed by atoms with Crippen LogP contribution in [0.15, 0.2) is 176 Å². The quantitative estimate of drug-likeness (QED) is 0.184. The van der Waals surface area contributed by atoms with E-state index in [1.807, 2.05) is 60.7 Å². The number of hydrogen-bond donors (Lipinski definition) is 0. The minimum absolute atomic E-state index is 0.0605. The second kappa shape index (κ2) is 12.2. The van der Waals surface area contributed by atoms with Gasteiger partial charge in [-0.15, -0.1) is 0 Å². The van der Waals surface area contributed by atoms with Gasteiger partial charge in [0.2, 0.25) is 0 Å². The monoisotopic (exact) mass is 661 g/mol. The summed E-state index contributed by atoms with van der Waals surface area (Å²) in [6, 6.07) is 64.4. The van der Waals surface area contributed by atoms with Gasteiger partial charge in [0.05, 0.1) is 11.4 Å². The molecule has 2 aliphatic rings. The first-order chi connectivity index (χ1) is 25.8. The first-order valence-electron chi connectivity index (χ1n) is 17.7. The molecule has 3 nitrogen and oxygen atoms in total. The summed E-state index contributed by atoms with van der Waals surface area (Å²) in [6.45, 7) is 0. The van der Waals surface area contributed by atoms with E-state index in [2.05, 4.69) is 121 Å². The van der Waals surface area contributed by atoms with E-state index in [1.165, 1.54) is 55.6 Å². The maximum absolute atomic E-state index is 11.3. The molecule has 3 heteroatoms. The molecule has 10 rings (SSSR count). The standard InChI is InChI=1S/C49H31N3/c50-30-41-47(33-21-9-3-10-22-33)51-49(34-23-11-4-12-24-34)52-48(41)46-44-39(35-25-13-15-27-37(35)42(44)31-17-5-1-6-18-31)29-40-36-26-14-16-28-38(36)43(45(40)46)32-19-7-2-8-20-32/h1-29,42-43H. The van der Waals surface area contributed by atoms with Crippen molar-refractivity contribution in [3.63, 3.8) is 0 Å². The molecular formula is C49H31N3. The largest absolute Gasteiger partial charge is 0.227 e. The highest BCUT2D eigenvalue weighted by atomic mass is 14.9. The zero-order valence-electron chi connectivity index (χ0n) is 28.2. The fourth-order valence-corrected chi connectivity index (χ4v) is 8.57. The molecule has 0 spiro atoms. The van der Waals surface area contributed by atoms with Crippen LogP contribution in [0.2, 0.25) is 0 Å². The molecule has 0 aliphatic heterocycles. The van der Waals surface area contributed by atoms with Gasteiger partial charge < -0.3 is 0 Å². The summed E-state index contributed by atoms with van der Waals surface area (Å²) in [5.41, 5.74) is 16.7. The molecule has 1 heterocycles. The molecule has 1 aromatic heterocycles. The molecule has 0 amide bonds. The van der Waals surface area contributed by atoms with Gasteiger partial charge in [0.15, 0.2) is 5.82 Å². The smallest absolute Gasteiger partial charge is 0.160 e. The summed E-state index contributed by atoms with van der Waals surface area (Å²) in [5, 5.41) is 11.3. The van der Waals surface area contributed by atoms with Crippen molar-refractivity contribution in [1.82, 2.24) is 9.97 Å². The topological polar surface area (TPSA) is 49.6 Å². The van der Waals surface area contributed by atoms with Crippen LogP contribution in [0.3, 0.4) is 0 Å². The van der Waals surface area contributed by atoms with E-state index in [0.29, 0.717) is 22.8 Å². The highest BCUT2D eigenvalue weighted by Gasteiger charge is 2.41. The third-order valence-corrected chi connectivity index (χ3v) is 10.7. The SMILES string of the molecule is N#Cc1c(-c2ccccc2)nc(-c2ccccc2)nc1-c1c2c(cc3c1C(c1ccccc1)c1ccccc1-3)-c1ccccc1C2c1ccccc1. The summed E-state index contributed by atoms with van der Waals surface area (Å²) >= 11 is 0. The molecule has 8 aromatic rings. The number of fused-ring (bicyclic) bond motifs is 6. The maximum Gasteiger partial charge on any atom is 0.160 e. The summed E-state index contributed by atoms with van der Waals surface area (Å²) in [4.78, 5) is 10.6. The van der Waals surface area contributed by atoms with Crippen molar-refractivity contribution in [1.29, 1.82) is 5.26 Å². The summed E-state index contributed by atoms with van der Waals surface area (Å²) < 4.78 is 0. The molecule has 0 radical (unpaired) electrons. The lowest BCUT2D eigenvalue weighted by molar-refractivity contribution is 0.980. The third-order valence-electron chi connectivity index (χ3n) is 10.7. The highest BCUT2D eigenvalue weighted by Crippen LogP contribution is 2.60. The normalized spacial score (nSPS) is 14.9. The van der Waals surface area contributed by atoms with Gasteiger partial charge in [0.1, 0.15) is 11.6 Å². The molecule has 2 unspecified atom stereocenters. The Morgan fingerprint density at radius 2 is 0.846 bits per heavy atom. The molecule has 242 valence electrons. The van der Waals surface area contributed by atoms with Crippen molar-refractivity contribution in [2.75, 3.05) is 0 Å². The van der Waals surface area contributed by atoms with Crippen LogP contribution in [0.5, 0.6) is 0 Å². The van der Waals surface area contributed by atoms with Crippen molar-refractivity contribution in [3.8, 4) is 62.2 Å². The van der Waals surface area contributed by atoms with Crippen LogP contribution in [0.25, 0.3) is 56.2 Å². The lowest BCUT2D eigenvalue weighted by Gasteiger charge is -2.25. The Bertz CT molecular complexity index is 2560. The highest BCUT2D eigenvalue weighted by molar-refractivity contribution is 5.99. The maximum atomic E-state index is 11.3. The number of aromatic nitrogens is 2. The van der Waals surface area contributed by atoms with Crippen LogP contribution < -0.4 is 0 Å². The molecule has 0 bridgehead atoms. The zero-order chi connectivity index (χ0) is 34.6. The zero-order valence-corrected chi connectivity index (χ0v) is 28.2. The van der Waals surface area contributed by atoms with Crippen LogP contribution in [0.4, 0.5) is 0 Å². The van der Waals surface area contributed by atoms with Crippen molar-refractivity contribution < 1.29 is 0 Å². The van der Waals surface area contributed by atoms with Gasteiger partial charge in [-0.3, -0.25) is 0 Å². The fourth-order valence-electron chi connectivity index (χ4n) is 8.57. The summed E-state index contributed by atoms with van der Waals surface area (Å²) in [5.74, 6) is 0.475. The van der Waals surface area contributed by atoms with E-state index in [0.717, 1.165) is 16.7 Å². The lowest BCUT2D eigenvalue weighted by atomic mass is 9.78. The number of nitrogens with zero attached hydrogens (tertiary/aromatic N) is 3. The first-order valence-corrected chi connectivity index (χ1v) is 17.7. The van der Waals surface area contributed by atoms with Gasteiger partial charge in [0, 0.05) is 28.5 Å². The van der Waals surface area contributed by atoms with E-state index in [-0.39, 0.29) is 11.8 Å². The minimum Gasteiger partial charge on any atom is -0.227 e. The second-order valence-corrected chi connectivity index (χ2v) is 13.5. The van der Waals surface area contributed by atoms with E-state index >= 15 is 0 Å². The fraction of sp³-hybridized carbons (Fsp3) is 0.0408. The minimum atomic E-state index is -0.0605. The average Bonchev–Trinajstić information content (AvgIpc) is 3.73. The Hall–Kier alpha value is -6.89. The first kappa shape index (κ1) is 30.0. The van der Waals surface area contributed by atoms with Crippen LogP contribution in [-0.4, -0.2) is 9.97 Å². The van der Waals surface area contributed by atoms with Gasteiger partial charge in [-0.1, -0.05) is 170 Å². The summed E-state index contributed by atoms with van der Waals surface area (Å²) in [7, 11) is 0. The molecule has 0 fully saturated rings. The van der Waals surface area contributed by atoms with Gasteiger partial charge in [-0.05, 0) is 61.7 Å². The van der Waals surface area contributed by atoms with Gasteiger partial charge in [0.25, 0.3) is 0 Å². The Kier molecular flexibility index (Phi) is 7.01. The van der Waals surface area contributed by atoms with E-state index in [1.54, 1.807) is 0 Å². The van der Waals surface area contributed by atoms with Crippen LogP contribution >= 0.6 is 0 Å². The molecule has 0 saturated heterocycles. The second-order valence-electron chi connectivity index (χ2n) is 13.5. The average molecular weight is 662 g/mol. The number of nitriles is 1. The Morgan fingerprint density at radius 1 is 0.423 bits per heavy atom. The molecule has 52 heavy (non-hydrogen) atoms. The number of benzene rings is 7. The van der Waals surface area contributed by atoms with Crippen molar-refractivity contribution in [2.45, 2.75) is 11.8 Å². The summed E-state index contributed by atoms with van der Waals surface area (Å²) in [6.07, 6.45) is 0.